The molecule has 1 nitrogen and oxygen atoms in total. The first-order valence-electron chi connectivity index (χ1n) is 4.82. The van der Waals surface area contributed by atoms with E-state index in [9.17, 15) is 4.79 Å². The van der Waals surface area contributed by atoms with Gasteiger partial charge in [-0.1, -0.05) is 53.0 Å². The lowest BCUT2D eigenvalue weighted by atomic mass is 10.0. The maximum atomic E-state index is 11.0. The topological polar surface area (TPSA) is 17.1 Å². The van der Waals surface area contributed by atoms with E-state index in [1.165, 1.54) is 0 Å². The van der Waals surface area contributed by atoms with E-state index in [-0.39, 0.29) is 0 Å². The molecule has 0 aliphatic heterocycles. The maximum absolute atomic E-state index is 11.0. The third-order valence-corrected chi connectivity index (χ3v) is 3.44. The van der Waals surface area contributed by atoms with Crippen molar-refractivity contribution in [1.29, 1.82) is 0 Å². The number of halogens is 3. The van der Waals surface area contributed by atoms with Crippen LogP contribution in [-0.4, -0.2) is 6.29 Å². The lowest BCUT2D eigenvalue weighted by Crippen LogP contribution is -1.88. The monoisotopic (exact) mass is 284 g/mol. The molecule has 0 aliphatic rings. The van der Waals surface area contributed by atoms with Gasteiger partial charge in [0.15, 0.2) is 6.29 Å². The summed E-state index contributed by atoms with van der Waals surface area (Å²) >= 11 is 17.9. The Morgan fingerprint density at radius 3 is 2.41 bits per heavy atom. The highest BCUT2D eigenvalue weighted by molar-refractivity contribution is 6.43. The van der Waals surface area contributed by atoms with Gasteiger partial charge >= 0.3 is 0 Å². The number of rotatable bonds is 2. The van der Waals surface area contributed by atoms with Crippen LogP contribution in [0.1, 0.15) is 10.4 Å². The van der Waals surface area contributed by atoms with Crippen molar-refractivity contribution in [1.82, 2.24) is 0 Å². The molecule has 0 fully saturated rings. The Hall–Kier alpha value is -1.02. The Morgan fingerprint density at radius 1 is 0.941 bits per heavy atom. The summed E-state index contributed by atoms with van der Waals surface area (Å²) in [4.78, 5) is 11.0. The van der Waals surface area contributed by atoms with Crippen LogP contribution in [0.4, 0.5) is 0 Å². The summed E-state index contributed by atoms with van der Waals surface area (Å²) in [6.45, 7) is 0. The molecule has 17 heavy (non-hydrogen) atoms. The van der Waals surface area contributed by atoms with Gasteiger partial charge in [-0.3, -0.25) is 4.79 Å². The molecule has 86 valence electrons. The predicted octanol–water partition coefficient (Wildman–Crippen LogP) is 5.13. The molecule has 4 heteroatoms. The average molecular weight is 286 g/mol. The van der Waals surface area contributed by atoms with Gasteiger partial charge < -0.3 is 0 Å². The molecule has 0 N–H and O–H groups in total. The summed E-state index contributed by atoms with van der Waals surface area (Å²) in [5.74, 6) is 0. The molecule has 0 amide bonds. The fraction of sp³-hybridized carbons (Fsp3) is 0. The van der Waals surface area contributed by atoms with E-state index in [1.54, 1.807) is 30.3 Å². The van der Waals surface area contributed by atoms with E-state index in [0.717, 1.165) is 17.4 Å². The van der Waals surface area contributed by atoms with Gasteiger partial charge in [-0.2, -0.15) is 0 Å². The maximum Gasteiger partial charge on any atom is 0.150 e. The Bertz CT molecular complexity index is 579. The van der Waals surface area contributed by atoms with Gasteiger partial charge in [0.25, 0.3) is 0 Å². The molecule has 0 bridgehead atoms. The van der Waals surface area contributed by atoms with E-state index in [1.807, 2.05) is 6.07 Å². The van der Waals surface area contributed by atoms with Crippen molar-refractivity contribution in [2.45, 2.75) is 0 Å². The second-order valence-electron chi connectivity index (χ2n) is 3.45. The summed E-state index contributed by atoms with van der Waals surface area (Å²) in [6, 6.07) is 10.4. The molecule has 0 heterocycles. The molecule has 2 rings (SSSR count). The molecule has 0 saturated carbocycles. The number of carbonyl (C=O) groups excluding carboxylic acids is 1. The Balaban J connectivity index is 2.68. The van der Waals surface area contributed by atoms with Crippen LogP contribution in [0.3, 0.4) is 0 Å². The van der Waals surface area contributed by atoms with Crippen LogP contribution in [0.2, 0.25) is 15.1 Å². The minimum atomic E-state index is 0.430. The quantitative estimate of drug-likeness (QED) is 0.699. The summed E-state index contributed by atoms with van der Waals surface area (Å²) in [5.41, 5.74) is 1.93. The molecule has 0 atom stereocenters. The molecule has 2 aromatic rings. The first-order chi connectivity index (χ1) is 8.13. The van der Waals surface area contributed by atoms with E-state index in [0.29, 0.717) is 20.6 Å². The second-order valence-corrected chi connectivity index (χ2v) is 4.67. The van der Waals surface area contributed by atoms with Crippen molar-refractivity contribution >= 4 is 41.1 Å². The highest BCUT2D eigenvalue weighted by Gasteiger charge is 2.10. The normalized spacial score (nSPS) is 10.3. The Morgan fingerprint density at radius 2 is 1.71 bits per heavy atom. The largest absolute Gasteiger partial charge is 0.298 e. The van der Waals surface area contributed by atoms with Crippen LogP contribution in [0.25, 0.3) is 11.1 Å². The highest BCUT2D eigenvalue weighted by Crippen LogP contribution is 2.35. The van der Waals surface area contributed by atoms with E-state index in [4.69, 9.17) is 34.8 Å². The number of hydrogen-bond donors (Lipinski definition) is 0. The van der Waals surface area contributed by atoms with Crippen LogP contribution in [0, 0.1) is 0 Å². The van der Waals surface area contributed by atoms with Gasteiger partial charge in [-0.25, -0.2) is 0 Å². The van der Waals surface area contributed by atoms with E-state index >= 15 is 0 Å². The first-order valence-corrected chi connectivity index (χ1v) is 5.96. The van der Waals surface area contributed by atoms with Crippen molar-refractivity contribution < 1.29 is 4.79 Å². The molecule has 0 aliphatic carbocycles. The minimum absolute atomic E-state index is 0.430. The number of benzene rings is 2. The van der Waals surface area contributed by atoms with Gasteiger partial charge in [0.1, 0.15) is 0 Å². The smallest absolute Gasteiger partial charge is 0.150 e. The van der Waals surface area contributed by atoms with Crippen molar-refractivity contribution in [3.8, 4) is 11.1 Å². The second kappa shape index (κ2) is 5.09. The van der Waals surface area contributed by atoms with Gasteiger partial charge in [0.2, 0.25) is 0 Å². The third kappa shape index (κ3) is 2.47. The van der Waals surface area contributed by atoms with Gasteiger partial charge in [-0.15, -0.1) is 0 Å². The standard InChI is InChI=1S/C13H7Cl3O/c14-9-4-5-10(8(6-9)7-17)11-2-1-3-12(15)13(11)16/h1-7H. The van der Waals surface area contributed by atoms with Crippen LogP contribution >= 0.6 is 34.8 Å². The van der Waals surface area contributed by atoms with E-state index in [2.05, 4.69) is 0 Å². The van der Waals surface area contributed by atoms with Crippen molar-refractivity contribution in [2.75, 3.05) is 0 Å². The molecular weight excluding hydrogens is 279 g/mol. The van der Waals surface area contributed by atoms with Gasteiger partial charge in [-0.05, 0) is 23.8 Å². The SMILES string of the molecule is O=Cc1cc(Cl)ccc1-c1cccc(Cl)c1Cl. The zero-order chi connectivity index (χ0) is 12.4. The van der Waals surface area contributed by atoms with Crippen molar-refractivity contribution in [3.05, 3.63) is 57.0 Å². The third-order valence-electron chi connectivity index (χ3n) is 2.38. The molecule has 0 spiro atoms. The highest BCUT2D eigenvalue weighted by atomic mass is 35.5. The average Bonchev–Trinajstić information content (AvgIpc) is 2.33. The van der Waals surface area contributed by atoms with Crippen LogP contribution in [-0.2, 0) is 0 Å². The Labute approximate surface area is 114 Å². The van der Waals surface area contributed by atoms with Crippen LogP contribution < -0.4 is 0 Å². The summed E-state index contributed by atoms with van der Waals surface area (Å²) in [7, 11) is 0. The zero-order valence-electron chi connectivity index (χ0n) is 8.58. The fourth-order valence-corrected chi connectivity index (χ4v) is 2.17. The summed E-state index contributed by atoms with van der Waals surface area (Å²) in [6.07, 6.45) is 0.748. The Kier molecular flexibility index (Phi) is 3.72. The fourth-order valence-electron chi connectivity index (χ4n) is 1.59. The van der Waals surface area contributed by atoms with Crippen LogP contribution in [0.15, 0.2) is 36.4 Å². The summed E-state index contributed by atoms with van der Waals surface area (Å²) in [5, 5.41) is 1.39. The molecule has 0 aromatic heterocycles. The first kappa shape index (κ1) is 12.4. The number of hydrogen-bond acceptors (Lipinski definition) is 1. The lowest BCUT2D eigenvalue weighted by Gasteiger charge is -2.08. The van der Waals surface area contributed by atoms with Gasteiger partial charge in [0, 0.05) is 16.1 Å². The number of aldehydes is 1. The molecular formula is C13H7Cl3O. The molecule has 0 radical (unpaired) electrons. The summed E-state index contributed by atoms with van der Waals surface area (Å²) < 4.78 is 0. The van der Waals surface area contributed by atoms with E-state index < -0.39 is 0 Å². The molecule has 0 saturated heterocycles. The number of carbonyl (C=O) groups is 1. The zero-order valence-corrected chi connectivity index (χ0v) is 10.9. The molecule has 0 unspecified atom stereocenters. The molecule has 2 aromatic carbocycles. The van der Waals surface area contributed by atoms with Crippen molar-refractivity contribution in [3.63, 3.8) is 0 Å². The van der Waals surface area contributed by atoms with Crippen LogP contribution in [0.5, 0.6) is 0 Å². The van der Waals surface area contributed by atoms with Gasteiger partial charge in [0.05, 0.1) is 10.0 Å². The lowest BCUT2D eigenvalue weighted by molar-refractivity contribution is 0.112. The van der Waals surface area contributed by atoms with Crippen molar-refractivity contribution in [2.24, 2.45) is 0 Å². The predicted molar refractivity (Wildman–Crippen MR) is 72.3 cm³/mol. The minimum Gasteiger partial charge on any atom is -0.298 e.